The molecule has 0 saturated carbocycles. The fraction of sp³-hybridized carbons (Fsp3) is 0. The number of thiocarbonyl (C=S) groups is 1. The highest BCUT2D eigenvalue weighted by Gasteiger charge is 2.09. The van der Waals surface area contributed by atoms with Gasteiger partial charge in [-0.15, -0.1) is 0 Å². The SMILES string of the molecule is NC(=S)N=Cc1ccccc1[N+](=O)[O-]. The van der Waals surface area contributed by atoms with Crippen LogP contribution in [0.4, 0.5) is 5.69 Å². The van der Waals surface area contributed by atoms with Crippen LogP contribution < -0.4 is 5.73 Å². The summed E-state index contributed by atoms with van der Waals surface area (Å²) in [5.74, 6) is 0. The maximum absolute atomic E-state index is 10.5. The largest absolute Gasteiger partial charge is 0.374 e. The Bertz CT molecular complexity index is 403. The third-order valence-corrected chi connectivity index (χ3v) is 1.57. The molecular weight excluding hydrogens is 202 g/mol. The van der Waals surface area contributed by atoms with E-state index in [0.717, 1.165) is 0 Å². The van der Waals surface area contributed by atoms with Crippen LogP contribution in [0.25, 0.3) is 0 Å². The van der Waals surface area contributed by atoms with Crippen molar-refractivity contribution in [3.63, 3.8) is 0 Å². The lowest BCUT2D eigenvalue weighted by molar-refractivity contribution is -0.385. The van der Waals surface area contributed by atoms with Gasteiger partial charge in [0.25, 0.3) is 5.69 Å². The minimum Gasteiger partial charge on any atom is -0.374 e. The van der Waals surface area contributed by atoms with E-state index in [1.165, 1.54) is 12.3 Å². The second-order valence-electron chi connectivity index (χ2n) is 2.41. The second-order valence-corrected chi connectivity index (χ2v) is 2.83. The van der Waals surface area contributed by atoms with Gasteiger partial charge in [-0.25, -0.2) is 4.99 Å². The van der Waals surface area contributed by atoms with Crippen LogP contribution in [0.2, 0.25) is 0 Å². The average Bonchev–Trinajstić information content (AvgIpc) is 2.15. The number of hydrogen-bond acceptors (Lipinski definition) is 3. The van der Waals surface area contributed by atoms with Gasteiger partial charge in [0.1, 0.15) is 0 Å². The first kappa shape index (κ1) is 10.3. The van der Waals surface area contributed by atoms with Crippen molar-refractivity contribution in [1.82, 2.24) is 0 Å². The number of nitro benzene ring substituents is 1. The van der Waals surface area contributed by atoms with Crippen molar-refractivity contribution in [1.29, 1.82) is 0 Å². The lowest BCUT2D eigenvalue weighted by atomic mass is 10.2. The lowest BCUT2D eigenvalue weighted by Crippen LogP contribution is -2.04. The molecule has 0 aromatic heterocycles. The molecule has 0 aliphatic rings. The number of rotatable bonds is 2. The summed E-state index contributed by atoms with van der Waals surface area (Å²) in [7, 11) is 0. The predicted molar refractivity (Wildman–Crippen MR) is 57.5 cm³/mol. The van der Waals surface area contributed by atoms with Crippen LogP contribution in [0.5, 0.6) is 0 Å². The number of hydrogen-bond donors (Lipinski definition) is 1. The molecule has 0 bridgehead atoms. The number of benzene rings is 1. The van der Waals surface area contributed by atoms with Gasteiger partial charge in [-0.1, -0.05) is 12.1 Å². The molecule has 1 aromatic carbocycles. The van der Waals surface area contributed by atoms with Crippen LogP contribution in [-0.2, 0) is 0 Å². The van der Waals surface area contributed by atoms with Gasteiger partial charge in [0.15, 0.2) is 5.11 Å². The van der Waals surface area contributed by atoms with Crippen molar-refractivity contribution in [3.8, 4) is 0 Å². The second kappa shape index (κ2) is 4.43. The Morgan fingerprint density at radius 1 is 1.57 bits per heavy atom. The molecule has 0 aliphatic heterocycles. The summed E-state index contributed by atoms with van der Waals surface area (Å²) >= 11 is 4.51. The fourth-order valence-corrected chi connectivity index (χ4v) is 0.949. The summed E-state index contributed by atoms with van der Waals surface area (Å²) in [6.45, 7) is 0. The van der Waals surface area contributed by atoms with Gasteiger partial charge < -0.3 is 5.73 Å². The smallest absolute Gasteiger partial charge is 0.278 e. The van der Waals surface area contributed by atoms with E-state index in [4.69, 9.17) is 5.73 Å². The van der Waals surface area contributed by atoms with E-state index >= 15 is 0 Å². The standard InChI is InChI=1S/C8H7N3O2S/c9-8(14)10-5-6-3-1-2-4-7(6)11(12)13/h1-5H,(H2,9,14). The first-order chi connectivity index (χ1) is 6.61. The number of nitrogens with two attached hydrogens (primary N) is 1. The van der Waals surface area contributed by atoms with E-state index in [9.17, 15) is 10.1 Å². The molecule has 0 radical (unpaired) electrons. The molecule has 0 heterocycles. The van der Waals surface area contributed by atoms with Gasteiger partial charge in [0.05, 0.1) is 10.5 Å². The molecule has 1 rings (SSSR count). The van der Waals surface area contributed by atoms with Gasteiger partial charge in [-0.3, -0.25) is 10.1 Å². The van der Waals surface area contributed by atoms with E-state index in [1.807, 2.05) is 0 Å². The molecular formula is C8H7N3O2S. The summed E-state index contributed by atoms with van der Waals surface area (Å²) in [6.07, 6.45) is 1.28. The van der Waals surface area contributed by atoms with Crippen molar-refractivity contribution < 1.29 is 4.92 Å². The Balaban J connectivity index is 3.07. The van der Waals surface area contributed by atoms with Crippen molar-refractivity contribution >= 4 is 29.2 Å². The van der Waals surface area contributed by atoms with Crippen LogP contribution in [0, 0.1) is 10.1 Å². The Morgan fingerprint density at radius 3 is 2.79 bits per heavy atom. The molecule has 0 aliphatic carbocycles. The van der Waals surface area contributed by atoms with Gasteiger partial charge in [-0.05, 0) is 18.3 Å². The minimum atomic E-state index is -0.485. The molecule has 14 heavy (non-hydrogen) atoms. The first-order valence-electron chi connectivity index (χ1n) is 3.68. The van der Waals surface area contributed by atoms with Gasteiger partial charge in [0, 0.05) is 12.3 Å². The van der Waals surface area contributed by atoms with Gasteiger partial charge >= 0.3 is 0 Å². The third kappa shape index (κ3) is 2.60. The van der Waals surface area contributed by atoms with Crippen LogP contribution in [-0.4, -0.2) is 16.3 Å². The van der Waals surface area contributed by atoms with Crippen molar-refractivity contribution in [2.45, 2.75) is 0 Å². The highest BCUT2D eigenvalue weighted by molar-refractivity contribution is 7.80. The molecule has 72 valence electrons. The molecule has 0 spiro atoms. The summed E-state index contributed by atoms with van der Waals surface area (Å²) in [5.41, 5.74) is 5.49. The van der Waals surface area contributed by atoms with E-state index in [-0.39, 0.29) is 10.8 Å². The van der Waals surface area contributed by atoms with Crippen LogP contribution in [0.3, 0.4) is 0 Å². The molecule has 6 heteroatoms. The first-order valence-corrected chi connectivity index (χ1v) is 4.09. The number of nitrogens with zero attached hydrogens (tertiary/aromatic N) is 2. The van der Waals surface area contributed by atoms with Crippen LogP contribution >= 0.6 is 12.2 Å². The summed E-state index contributed by atoms with van der Waals surface area (Å²) in [5, 5.41) is 10.5. The Morgan fingerprint density at radius 2 is 2.21 bits per heavy atom. The lowest BCUT2D eigenvalue weighted by Gasteiger charge is -1.94. The molecule has 5 nitrogen and oxygen atoms in total. The van der Waals surface area contributed by atoms with Crippen molar-refractivity contribution in [2.24, 2.45) is 10.7 Å². The number of para-hydroxylation sites is 1. The molecule has 1 aromatic rings. The normalized spacial score (nSPS) is 10.3. The molecule has 0 saturated heterocycles. The molecule has 0 atom stereocenters. The van der Waals surface area contributed by atoms with Gasteiger partial charge in [-0.2, -0.15) is 0 Å². The van der Waals surface area contributed by atoms with Crippen LogP contribution in [0.1, 0.15) is 5.56 Å². The van der Waals surface area contributed by atoms with E-state index in [0.29, 0.717) is 5.56 Å². The molecule has 0 amide bonds. The van der Waals surface area contributed by atoms with E-state index in [2.05, 4.69) is 17.2 Å². The maximum atomic E-state index is 10.5. The highest BCUT2D eigenvalue weighted by Crippen LogP contribution is 2.14. The summed E-state index contributed by atoms with van der Waals surface area (Å²) in [6, 6.07) is 6.21. The predicted octanol–water partition coefficient (Wildman–Crippen LogP) is 1.26. The Hall–Kier alpha value is -1.82. The maximum Gasteiger partial charge on any atom is 0.278 e. The van der Waals surface area contributed by atoms with E-state index < -0.39 is 4.92 Å². The zero-order valence-corrected chi connectivity index (χ0v) is 7.90. The minimum absolute atomic E-state index is 0.0208. The Labute approximate surface area is 85.4 Å². The average molecular weight is 209 g/mol. The fourth-order valence-electron chi connectivity index (χ4n) is 0.896. The summed E-state index contributed by atoms with van der Waals surface area (Å²) in [4.78, 5) is 13.7. The zero-order valence-electron chi connectivity index (χ0n) is 7.08. The molecule has 2 N–H and O–H groups in total. The summed E-state index contributed by atoms with van der Waals surface area (Å²) < 4.78 is 0. The van der Waals surface area contributed by atoms with Gasteiger partial charge in [0.2, 0.25) is 0 Å². The topological polar surface area (TPSA) is 81.5 Å². The Kier molecular flexibility index (Phi) is 3.24. The van der Waals surface area contributed by atoms with Crippen molar-refractivity contribution in [2.75, 3.05) is 0 Å². The zero-order chi connectivity index (χ0) is 10.6. The number of aliphatic imine (C=N–C) groups is 1. The van der Waals surface area contributed by atoms with Crippen LogP contribution in [0.15, 0.2) is 29.3 Å². The van der Waals surface area contributed by atoms with Crippen molar-refractivity contribution in [3.05, 3.63) is 39.9 Å². The highest BCUT2D eigenvalue weighted by atomic mass is 32.1. The monoisotopic (exact) mass is 209 g/mol. The molecule has 0 fully saturated rings. The molecule has 0 unspecified atom stereocenters. The number of nitro groups is 1. The quantitative estimate of drug-likeness (QED) is 0.344. The third-order valence-electron chi connectivity index (χ3n) is 1.46. The van der Waals surface area contributed by atoms with E-state index in [1.54, 1.807) is 18.2 Å².